The summed E-state index contributed by atoms with van der Waals surface area (Å²) in [6.07, 6.45) is 1.71. The number of hydrogen-bond donors (Lipinski definition) is 0. The van der Waals surface area contributed by atoms with Crippen molar-refractivity contribution < 1.29 is 4.58 Å². The molecular formula is C6H13N2+. The molecule has 2 nitrogen and oxygen atoms in total. The molecule has 0 N–H and O–H groups in total. The number of nitrogens with zero attached hydrogens (tertiary/aromatic N) is 2. The van der Waals surface area contributed by atoms with Gasteiger partial charge in [0.15, 0.2) is 0 Å². The zero-order chi connectivity index (χ0) is 6.57. The third-order valence-electron chi connectivity index (χ3n) is 0.562. The Balaban J connectivity index is 3.50. The maximum Gasteiger partial charge on any atom is 0.279 e. The first kappa shape index (κ1) is 7.34. The van der Waals surface area contributed by atoms with E-state index in [9.17, 15) is 0 Å². The van der Waals surface area contributed by atoms with Crippen molar-refractivity contribution in [2.75, 3.05) is 7.05 Å². The van der Waals surface area contributed by atoms with Crippen molar-refractivity contribution >= 4 is 13.1 Å². The van der Waals surface area contributed by atoms with E-state index >= 15 is 0 Å². The first-order chi connectivity index (χ1) is 3.63. The van der Waals surface area contributed by atoms with E-state index < -0.39 is 0 Å². The molecule has 0 atom stereocenters. The van der Waals surface area contributed by atoms with Crippen LogP contribution in [-0.4, -0.2) is 30.7 Å². The van der Waals surface area contributed by atoms with E-state index in [1.807, 2.05) is 20.9 Å². The van der Waals surface area contributed by atoms with Crippen LogP contribution in [0, 0.1) is 0 Å². The monoisotopic (exact) mass is 113 g/mol. The van der Waals surface area contributed by atoms with E-state index in [0.717, 1.165) is 0 Å². The van der Waals surface area contributed by atoms with Crippen LogP contribution in [0.2, 0.25) is 0 Å². The largest absolute Gasteiger partial charge is 0.279 e. The Bertz CT molecular complexity index is 103. The average molecular weight is 113 g/mol. The standard InChI is InChI=1S/C6H13N2/c1-6(2)7-5-8(3)4/h5-6H,3H2,1-2,4H3/q+1. The van der Waals surface area contributed by atoms with Crippen molar-refractivity contribution in [3.63, 3.8) is 0 Å². The van der Waals surface area contributed by atoms with Gasteiger partial charge < -0.3 is 0 Å². The highest BCUT2D eigenvalue weighted by Gasteiger charge is 1.90. The van der Waals surface area contributed by atoms with Crippen LogP contribution in [0.15, 0.2) is 4.99 Å². The molecule has 0 saturated carbocycles. The van der Waals surface area contributed by atoms with E-state index in [1.54, 1.807) is 10.9 Å². The molecule has 8 heavy (non-hydrogen) atoms. The normalized spacial score (nSPS) is 11.0. The lowest BCUT2D eigenvalue weighted by molar-refractivity contribution is -0.349. The fourth-order valence-electron chi connectivity index (χ4n) is 0.247. The molecule has 0 aromatic rings. The number of hydrogen-bond acceptors (Lipinski definition) is 1. The predicted molar refractivity (Wildman–Crippen MR) is 36.9 cm³/mol. The third-order valence-corrected chi connectivity index (χ3v) is 0.562. The van der Waals surface area contributed by atoms with Crippen molar-refractivity contribution in [1.82, 2.24) is 0 Å². The van der Waals surface area contributed by atoms with Crippen LogP contribution in [0.5, 0.6) is 0 Å². The average Bonchev–Trinajstić information content (AvgIpc) is 1.61. The molecular weight excluding hydrogens is 100 g/mol. The lowest BCUT2D eigenvalue weighted by Crippen LogP contribution is -2.00. The highest BCUT2D eigenvalue weighted by Crippen LogP contribution is 1.80. The van der Waals surface area contributed by atoms with Crippen molar-refractivity contribution in [2.45, 2.75) is 19.9 Å². The van der Waals surface area contributed by atoms with Crippen LogP contribution < -0.4 is 0 Å². The highest BCUT2D eigenvalue weighted by atomic mass is 15.0. The molecule has 0 spiro atoms. The number of aliphatic imine (C=N–C) groups is 1. The van der Waals surface area contributed by atoms with Gasteiger partial charge in [0.1, 0.15) is 6.04 Å². The van der Waals surface area contributed by atoms with Gasteiger partial charge in [0.2, 0.25) is 0 Å². The van der Waals surface area contributed by atoms with Crippen LogP contribution in [0.3, 0.4) is 0 Å². The maximum atomic E-state index is 4.06. The van der Waals surface area contributed by atoms with Crippen molar-refractivity contribution in [3.8, 4) is 0 Å². The fourth-order valence-corrected chi connectivity index (χ4v) is 0.247. The molecule has 0 aliphatic rings. The molecule has 0 heterocycles. The summed E-state index contributed by atoms with van der Waals surface area (Å²) in [7, 11) is 1.85. The quantitative estimate of drug-likeness (QED) is 0.285. The zero-order valence-electron chi connectivity index (χ0n) is 5.76. The fraction of sp³-hybridized carbons (Fsp3) is 0.667. The minimum absolute atomic E-state index is 0.374. The van der Waals surface area contributed by atoms with Gasteiger partial charge in [0.25, 0.3) is 6.34 Å². The molecule has 0 radical (unpaired) electrons. The summed E-state index contributed by atoms with van der Waals surface area (Å²) in [6.45, 7) is 7.65. The van der Waals surface area contributed by atoms with Crippen molar-refractivity contribution in [2.24, 2.45) is 4.99 Å². The molecule has 0 fully saturated rings. The molecule has 0 aromatic carbocycles. The summed E-state index contributed by atoms with van der Waals surface area (Å²) >= 11 is 0. The molecule has 46 valence electrons. The van der Waals surface area contributed by atoms with Gasteiger partial charge in [-0.1, -0.05) is 4.99 Å². The summed E-state index contributed by atoms with van der Waals surface area (Å²) in [5.41, 5.74) is 0. The lowest BCUT2D eigenvalue weighted by atomic mass is 10.4. The molecule has 0 amide bonds. The Morgan fingerprint density at radius 1 is 1.62 bits per heavy atom. The summed E-state index contributed by atoms with van der Waals surface area (Å²) in [5, 5.41) is 0. The van der Waals surface area contributed by atoms with Crippen LogP contribution >= 0.6 is 0 Å². The van der Waals surface area contributed by atoms with Gasteiger partial charge in [0, 0.05) is 0 Å². The summed E-state index contributed by atoms with van der Waals surface area (Å²) in [5.74, 6) is 0. The second-order valence-corrected chi connectivity index (χ2v) is 2.12. The van der Waals surface area contributed by atoms with E-state index in [-0.39, 0.29) is 0 Å². The van der Waals surface area contributed by atoms with E-state index in [1.165, 1.54) is 0 Å². The summed E-state index contributed by atoms with van der Waals surface area (Å²) in [6, 6.07) is 0.374. The lowest BCUT2D eigenvalue weighted by Gasteiger charge is -1.83. The minimum Gasteiger partial charge on any atom is -0.247 e. The third kappa shape index (κ3) is 5.34. The van der Waals surface area contributed by atoms with Crippen LogP contribution in [0.4, 0.5) is 0 Å². The second kappa shape index (κ2) is 3.36. The van der Waals surface area contributed by atoms with E-state index in [0.29, 0.717) is 6.04 Å². The summed E-state index contributed by atoms with van der Waals surface area (Å²) in [4.78, 5) is 4.06. The van der Waals surface area contributed by atoms with Crippen LogP contribution in [0.1, 0.15) is 13.8 Å². The maximum absolute atomic E-state index is 4.06. The Hall–Kier alpha value is -0.660. The van der Waals surface area contributed by atoms with Crippen LogP contribution in [0.25, 0.3) is 0 Å². The molecule has 0 aliphatic heterocycles. The molecule has 0 aromatic heterocycles. The topological polar surface area (TPSA) is 15.4 Å². The predicted octanol–water partition coefficient (Wildman–Crippen LogP) is 0.766. The molecule has 0 unspecified atom stereocenters. The molecule has 0 rings (SSSR count). The Morgan fingerprint density at radius 3 is 2.25 bits per heavy atom. The van der Waals surface area contributed by atoms with Gasteiger partial charge in [0.05, 0.1) is 13.8 Å². The Morgan fingerprint density at radius 2 is 2.12 bits per heavy atom. The smallest absolute Gasteiger partial charge is 0.247 e. The number of rotatable bonds is 2. The van der Waals surface area contributed by atoms with Gasteiger partial charge >= 0.3 is 0 Å². The van der Waals surface area contributed by atoms with E-state index in [4.69, 9.17) is 0 Å². The van der Waals surface area contributed by atoms with Crippen molar-refractivity contribution in [1.29, 1.82) is 0 Å². The highest BCUT2D eigenvalue weighted by molar-refractivity contribution is 5.47. The molecule has 0 saturated heterocycles. The Kier molecular flexibility index (Phi) is 3.08. The van der Waals surface area contributed by atoms with Gasteiger partial charge in [-0.3, -0.25) is 0 Å². The molecule has 0 bridgehead atoms. The van der Waals surface area contributed by atoms with Crippen LogP contribution in [-0.2, 0) is 0 Å². The minimum atomic E-state index is 0.374. The van der Waals surface area contributed by atoms with Gasteiger partial charge in [-0.2, -0.15) is 0 Å². The first-order valence-electron chi connectivity index (χ1n) is 2.69. The van der Waals surface area contributed by atoms with Gasteiger partial charge in [-0.15, -0.1) is 0 Å². The molecule has 0 aliphatic carbocycles. The van der Waals surface area contributed by atoms with E-state index in [2.05, 4.69) is 11.7 Å². The Labute approximate surface area is 50.6 Å². The first-order valence-corrected chi connectivity index (χ1v) is 2.69. The van der Waals surface area contributed by atoms with Gasteiger partial charge in [-0.25, -0.2) is 4.58 Å². The second-order valence-electron chi connectivity index (χ2n) is 2.12. The SMILES string of the molecule is C=[N+](C)C=NC(C)C. The molecule has 2 heteroatoms. The zero-order valence-corrected chi connectivity index (χ0v) is 5.76. The summed E-state index contributed by atoms with van der Waals surface area (Å²) < 4.78 is 1.68. The van der Waals surface area contributed by atoms with Crippen molar-refractivity contribution in [3.05, 3.63) is 0 Å². The van der Waals surface area contributed by atoms with Gasteiger partial charge in [-0.05, 0) is 13.8 Å².